The molecule has 0 aromatic heterocycles. The lowest BCUT2D eigenvalue weighted by molar-refractivity contribution is -0.114. The van der Waals surface area contributed by atoms with Crippen LogP contribution >= 0.6 is 12.4 Å². The van der Waals surface area contributed by atoms with E-state index in [-0.39, 0.29) is 29.6 Å². The van der Waals surface area contributed by atoms with Crippen molar-refractivity contribution >= 4 is 29.9 Å². The molecule has 0 saturated carbocycles. The standard InChI is InChI=1S/C15H21N3O2.ClH/c1-11(19)17-13-5-3-4-12(8-13)14(20)18-7-6-15(2,9-16)10-18;/h3-5,8H,6-7,9-10,16H2,1-2H3,(H,17,19);1H. The molecule has 1 atom stereocenters. The first-order chi connectivity index (χ1) is 9.43. The number of hydrogen-bond acceptors (Lipinski definition) is 3. The van der Waals surface area contributed by atoms with Crippen molar-refractivity contribution in [3.63, 3.8) is 0 Å². The molecule has 116 valence electrons. The third kappa shape index (κ3) is 4.19. The Kier molecular flexibility index (Phi) is 5.75. The minimum absolute atomic E-state index is 0. The highest BCUT2D eigenvalue weighted by Crippen LogP contribution is 2.29. The van der Waals surface area contributed by atoms with Crippen molar-refractivity contribution in [2.24, 2.45) is 11.1 Å². The van der Waals surface area contributed by atoms with Crippen LogP contribution in [0.4, 0.5) is 5.69 Å². The second-order valence-corrected chi connectivity index (χ2v) is 5.75. The van der Waals surface area contributed by atoms with Crippen molar-refractivity contribution in [1.29, 1.82) is 0 Å². The summed E-state index contributed by atoms with van der Waals surface area (Å²) in [5.41, 5.74) is 7.02. The van der Waals surface area contributed by atoms with Gasteiger partial charge in [0.1, 0.15) is 0 Å². The zero-order valence-corrected chi connectivity index (χ0v) is 13.2. The smallest absolute Gasteiger partial charge is 0.253 e. The van der Waals surface area contributed by atoms with Crippen molar-refractivity contribution in [2.45, 2.75) is 20.3 Å². The van der Waals surface area contributed by atoms with Crippen LogP contribution in [0.5, 0.6) is 0 Å². The molecule has 3 N–H and O–H groups in total. The minimum atomic E-state index is -0.147. The molecule has 1 aromatic rings. The van der Waals surface area contributed by atoms with E-state index in [1.54, 1.807) is 24.3 Å². The largest absolute Gasteiger partial charge is 0.338 e. The normalized spacial score (nSPS) is 20.8. The molecule has 0 radical (unpaired) electrons. The lowest BCUT2D eigenvalue weighted by Gasteiger charge is -2.22. The van der Waals surface area contributed by atoms with Gasteiger partial charge in [0.05, 0.1) is 0 Å². The summed E-state index contributed by atoms with van der Waals surface area (Å²) in [6.45, 7) is 5.56. The van der Waals surface area contributed by atoms with E-state index in [0.29, 0.717) is 24.3 Å². The fourth-order valence-corrected chi connectivity index (χ4v) is 2.48. The molecule has 1 aliphatic rings. The van der Waals surface area contributed by atoms with E-state index in [0.717, 1.165) is 13.0 Å². The molecule has 2 rings (SSSR count). The molecule has 21 heavy (non-hydrogen) atoms. The number of halogens is 1. The number of nitrogens with zero attached hydrogens (tertiary/aromatic N) is 1. The minimum Gasteiger partial charge on any atom is -0.338 e. The fourth-order valence-electron chi connectivity index (χ4n) is 2.48. The maximum atomic E-state index is 12.5. The van der Waals surface area contributed by atoms with Gasteiger partial charge in [-0.3, -0.25) is 9.59 Å². The van der Waals surface area contributed by atoms with Gasteiger partial charge in [0, 0.05) is 31.3 Å². The van der Waals surface area contributed by atoms with E-state index in [9.17, 15) is 9.59 Å². The van der Waals surface area contributed by atoms with Crippen molar-refractivity contribution in [3.05, 3.63) is 29.8 Å². The van der Waals surface area contributed by atoms with E-state index in [2.05, 4.69) is 12.2 Å². The summed E-state index contributed by atoms with van der Waals surface area (Å²) in [5, 5.41) is 2.69. The van der Waals surface area contributed by atoms with E-state index in [1.807, 2.05) is 4.90 Å². The molecule has 1 saturated heterocycles. The second-order valence-electron chi connectivity index (χ2n) is 5.75. The van der Waals surface area contributed by atoms with Crippen LogP contribution in [0.15, 0.2) is 24.3 Å². The maximum Gasteiger partial charge on any atom is 0.253 e. The number of rotatable bonds is 3. The number of nitrogens with two attached hydrogens (primary N) is 1. The highest BCUT2D eigenvalue weighted by atomic mass is 35.5. The van der Waals surface area contributed by atoms with Crippen LogP contribution in [-0.4, -0.2) is 36.3 Å². The third-order valence-electron chi connectivity index (χ3n) is 3.77. The Bertz CT molecular complexity index is 535. The first-order valence-electron chi connectivity index (χ1n) is 6.80. The monoisotopic (exact) mass is 311 g/mol. The Hall–Kier alpha value is -1.59. The van der Waals surface area contributed by atoms with Crippen LogP contribution in [0.25, 0.3) is 0 Å². The zero-order valence-electron chi connectivity index (χ0n) is 12.4. The Balaban J connectivity index is 0.00000220. The molecule has 6 heteroatoms. The van der Waals surface area contributed by atoms with E-state index in [4.69, 9.17) is 5.73 Å². The van der Waals surface area contributed by atoms with Crippen molar-refractivity contribution in [3.8, 4) is 0 Å². The number of carbonyl (C=O) groups is 2. The second kappa shape index (κ2) is 6.91. The van der Waals surface area contributed by atoms with Crippen molar-refractivity contribution in [1.82, 2.24) is 4.90 Å². The number of anilines is 1. The molecule has 1 heterocycles. The quantitative estimate of drug-likeness (QED) is 0.895. The van der Waals surface area contributed by atoms with Crippen LogP contribution < -0.4 is 11.1 Å². The lowest BCUT2D eigenvalue weighted by Crippen LogP contribution is -2.34. The molecule has 1 aromatic carbocycles. The molecule has 1 unspecified atom stereocenters. The molecular weight excluding hydrogens is 290 g/mol. The number of benzene rings is 1. The van der Waals surface area contributed by atoms with Crippen LogP contribution in [0, 0.1) is 5.41 Å². The summed E-state index contributed by atoms with van der Waals surface area (Å²) in [7, 11) is 0. The summed E-state index contributed by atoms with van der Waals surface area (Å²) >= 11 is 0. The topological polar surface area (TPSA) is 75.4 Å². The third-order valence-corrected chi connectivity index (χ3v) is 3.77. The van der Waals surface area contributed by atoms with Gasteiger partial charge in [-0.1, -0.05) is 13.0 Å². The zero-order chi connectivity index (χ0) is 14.8. The van der Waals surface area contributed by atoms with Gasteiger partial charge in [-0.25, -0.2) is 0 Å². The number of nitrogens with one attached hydrogen (secondary N) is 1. The van der Waals surface area contributed by atoms with Gasteiger partial charge in [0.15, 0.2) is 0 Å². The fraction of sp³-hybridized carbons (Fsp3) is 0.467. The molecular formula is C15H22ClN3O2. The van der Waals surface area contributed by atoms with E-state index in [1.165, 1.54) is 6.92 Å². The summed E-state index contributed by atoms with van der Waals surface area (Å²) in [5.74, 6) is -0.152. The predicted octanol–water partition coefficient (Wildman–Crippen LogP) is 1.88. The maximum absolute atomic E-state index is 12.5. The molecule has 0 bridgehead atoms. The molecule has 5 nitrogen and oxygen atoms in total. The number of hydrogen-bond donors (Lipinski definition) is 2. The predicted molar refractivity (Wildman–Crippen MR) is 85.7 cm³/mol. The molecule has 2 amide bonds. The number of carbonyl (C=O) groups excluding carboxylic acids is 2. The molecule has 0 spiro atoms. The van der Waals surface area contributed by atoms with Gasteiger partial charge in [0.25, 0.3) is 5.91 Å². The van der Waals surface area contributed by atoms with Crippen LogP contribution in [0.3, 0.4) is 0 Å². The van der Waals surface area contributed by atoms with E-state index >= 15 is 0 Å². The Morgan fingerprint density at radius 2 is 2.14 bits per heavy atom. The van der Waals surface area contributed by atoms with Crippen molar-refractivity contribution < 1.29 is 9.59 Å². The number of likely N-dealkylation sites (tertiary alicyclic amines) is 1. The summed E-state index contributed by atoms with van der Waals surface area (Å²) in [4.78, 5) is 25.3. The highest BCUT2D eigenvalue weighted by molar-refractivity contribution is 5.97. The summed E-state index contributed by atoms with van der Waals surface area (Å²) in [6.07, 6.45) is 0.931. The van der Waals surface area contributed by atoms with Gasteiger partial charge in [-0.05, 0) is 36.6 Å². The lowest BCUT2D eigenvalue weighted by atomic mass is 9.90. The molecule has 1 fully saturated rings. The van der Waals surface area contributed by atoms with Gasteiger partial charge >= 0.3 is 0 Å². The highest BCUT2D eigenvalue weighted by Gasteiger charge is 2.35. The van der Waals surface area contributed by atoms with Crippen LogP contribution in [0.1, 0.15) is 30.6 Å². The van der Waals surface area contributed by atoms with Gasteiger partial charge in [-0.15, -0.1) is 12.4 Å². The van der Waals surface area contributed by atoms with Crippen LogP contribution in [0.2, 0.25) is 0 Å². The summed E-state index contributed by atoms with van der Waals surface area (Å²) in [6, 6.07) is 7.02. The Morgan fingerprint density at radius 1 is 1.43 bits per heavy atom. The average Bonchev–Trinajstić information content (AvgIpc) is 2.81. The SMILES string of the molecule is CC(=O)Nc1cccc(C(=O)N2CCC(C)(CN)C2)c1.Cl. The van der Waals surface area contributed by atoms with Gasteiger partial charge in [-0.2, -0.15) is 0 Å². The Morgan fingerprint density at radius 3 is 2.71 bits per heavy atom. The van der Waals surface area contributed by atoms with Gasteiger partial charge in [0.2, 0.25) is 5.91 Å². The van der Waals surface area contributed by atoms with Gasteiger partial charge < -0.3 is 16.0 Å². The Labute approximate surface area is 131 Å². The number of amides is 2. The summed E-state index contributed by atoms with van der Waals surface area (Å²) < 4.78 is 0. The van der Waals surface area contributed by atoms with Crippen LogP contribution in [-0.2, 0) is 4.79 Å². The first kappa shape index (κ1) is 17.5. The first-order valence-corrected chi connectivity index (χ1v) is 6.80. The van der Waals surface area contributed by atoms with E-state index < -0.39 is 0 Å². The average molecular weight is 312 g/mol. The molecule has 0 aliphatic carbocycles. The molecule has 1 aliphatic heterocycles. The van der Waals surface area contributed by atoms with Crippen molar-refractivity contribution in [2.75, 3.05) is 25.0 Å².